The van der Waals surface area contributed by atoms with Gasteiger partial charge in [-0.25, -0.2) is 0 Å². The second kappa shape index (κ2) is 7.08. The Hall–Kier alpha value is -1.35. The monoisotopic (exact) mass is 288 g/mol. The van der Waals surface area contributed by atoms with E-state index >= 15 is 0 Å². The number of benzene rings is 1. The summed E-state index contributed by atoms with van der Waals surface area (Å²) in [5.41, 5.74) is 2.17. The highest BCUT2D eigenvalue weighted by molar-refractivity contribution is 5.91. The topological polar surface area (TPSA) is 41.1 Å². The van der Waals surface area contributed by atoms with Gasteiger partial charge >= 0.3 is 0 Å². The van der Waals surface area contributed by atoms with Gasteiger partial charge < -0.3 is 10.6 Å². The first-order chi connectivity index (χ1) is 10.0. The zero-order chi connectivity index (χ0) is 15.3. The normalized spacial score (nSPS) is 17.7. The van der Waals surface area contributed by atoms with Gasteiger partial charge in [0.2, 0.25) is 5.91 Å². The molecule has 3 heteroatoms. The number of carbonyl (C=O) groups excluding carboxylic acids is 1. The first kappa shape index (κ1) is 16.0. The van der Waals surface area contributed by atoms with Crippen LogP contribution in [0.15, 0.2) is 24.3 Å². The van der Waals surface area contributed by atoms with Gasteiger partial charge in [0.1, 0.15) is 0 Å². The molecule has 3 nitrogen and oxygen atoms in total. The van der Waals surface area contributed by atoms with E-state index in [0.717, 1.165) is 18.5 Å². The van der Waals surface area contributed by atoms with Crippen molar-refractivity contribution in [1.29, 1.82) is 0 Å². The van der Waals surface area contributed by atoms with Crippen molar-refractivity contribution in [2.75, 3.05) is 12.4 Å². The van der Waals surface area contributed by atoms with Crippen LogP contribution >= 0.6 is 0 Å². The lowest BCUT2D eigenvalue weighted by Crippen LogP contribution is -2.47. The Kier molecular flexibility index (Phi) is 5.40. The summed E-state index contributed by atoms with van der Waals surface area (Å²) in [7, 11) is 1.98. The third-order valence-electron chi connectivity index (χ3n) is 4.68. The minimum Gasteiger partial charge on any atom is -0.326 e. The highest BCUT2D eigenvalue weighted by atomic mass is 16.1. The second-order valence-electron chi connectivity index (χ2n) is 6.60. The first-order valence-corrected chi connectivity index (χ1v) is 8.13. The van der Waals surface area contributed by atoms with Crippen molar-refractivity contribution in [2.24, 2.45) is 0 Å². The van der Waals surface area contributed by atoms with Gasteiger partial charge in [0, 0.05) is 17.6 Å². The van der Waals surface area contributed by atoms with Crippen molar-refractivity contribution < 1.29 is 4.79 Å². The molecule has 1 amide bonds. The molecule has 0 heterocycles. The molecule has 0 aromatic heterocycles. The van der Waals surface area contributed by atoms with Crippen LogP contribution in [0.3, 0.4) is 0 Å². The molecule has 0 aliphatic heterocycles. The third kappa shape index (κ3) is 4.31. The number of amides is 1. The Morgan fingerprint density at radius 1 is 1.24 bits per heavy atom. The van der Waals surface area contributed by atoms with Gasteiger partial charge in [-0.05, 0) is 43.5 Å². The SMILES string of the molecule is CNC1(CC(=O)Nc2cccc(C(C)C)c2)CCCCC1. The molecule has 0 bridgehead atoms. The molecule has 2 rings (SSSR count). The molecular weight excluding hydrogens is 260 g/mol. The second-order valence-corrected chi connectivity index (χ2v) is 6.60. The van der Waals surface area contributed by atoms with Crippen molar-refractivity contribution >= 4 is 11.6 Å². The lowest BCUT2D eigenvalue weighted by molar-refractivity contribution is -0.117. The van der Waals surface area contributed by atoms with E-state index in [-0.39, 0.29) is 11.4 Å². The van der Waals surface area contributed by atoms with Crippen LogP contribution in [0.25, 0.3) is 0 Å². The van der Waals surface area contributed by atoms with Crippen LogP contribution in [0.4, 0.5) is 5.69 Å². The standard InChI is InChI=1S/C18H28N2O/c1-14(2)15-8-7-9-16(12-15)20-17(21)13-18(19-3)10-5-4-6-11-18/h7-9,12,14,19H,4-6,10-11,13H2,1-3H3,(H,20,21). The molecule has 1 aromatic carbocycles. The molecule has 21 heavy (non-hydrogen) atoms. The van der Waals surface area contributed by atoms with Gasteiger partial charge in [-0.2, -0.15) is 0 Å². The predicted octanol–water partition coefficient (Wildman–Crippen LogP) is 4.06. The fourth-order valence-corrected chi connectivity index (χ4v) is 3.23. The summed E-state index contributed by atoms with van der Waals surface area (Å²) in [6, 6.07) is 8.17. The summed E-state index contributed by atoms with van der Waals surface area (Å²) in [5.74, 6) is 0.594. The van der Waals surface area contributed by atoms with E-state index in [1.165, 1.54) is 24.8 Å². The smallest absolute Gasteiger partial charge is 0.226 e. The quantitative estimate of drug-likeness (QED) is 0.858. The Morgan fingerprint density at radius 3 is 2.57 bits per heavy atom. The maximum atomic E-state index is 12.4. The van der Waals surface area contributed by atoms with Crippen LogP contribution in [-0.2, 0) is 4.79 Å². The van der Waals surface area contributed by atoms with Gasteiger partial charge in [-0.1, -0.05) is 45.2 Å². The minimum atomic E-state index is -0.00199. The fraction of sp³-hybridized carbons (Fsp3) is 0.611. The summed E-state index contributed by atoms with van der Waals surface area (Å²) < 4.78 is 0. The van der Waals surface area contributed by atoms with E-state index in [4.69, 9.17) is 0 Å². The Morgan fingerprint density at radius 2 is 1.95 bits per heavy atom. The summed E-state index contributed by atoms with van der Waals surface area (Å²) in [5, 5.41) is 6.47. The van der Waals surface area contributed by atoms with E-state index in [2.05, 4.69) is 36.6 Å². The first-order valence-electron chi connectivity index (χ1n) is 8.13. The lowest BCUT2D eigenvalue weighted by Gasteiger charge is -2.36. The van der Waals surface area contributed by atoms with Crippen molar-refractivity contribution in [3.05, 3.63) is 29.8 Å². The highest BCUT2D eigenvalue weighted by Gasteiger charge is 2.32. The van der Waals surface area contributed by atoms with Gasteiger partial charge in [0.25, 0.3) is 0 Å². The summed E-state index contributed by atoms with van der Waals surface area (Å²) in [6.07, 6.45) is 6.50. The average Bonchev–Trinajstić information content (AvgIpc) is 2.48. The van der Waals surface area contributed by atoms with Crippen molar-refractivity contribution in [3.63, 3.8) is 0 Å². The number of hydrogen-bond donors (Lipinski definition) is 2. The highest BCUT2D eigenvalue weighted by Crippen LogP contribution is 2.31. The largest absolute Gasteiger partial charge is 0.326 e. The number of anilines is 1. The molecule has 0 radical (unpaired) electrons. The van der Waals surface area contributed by atoms with Crippen molar-refractivity contribution in [1.82, 2.24) is 5.32 Å². The van der Waals surface area contributed by atoms with E-state index in [1.807, 2.05) is 19.2 Å². The maximum Gasteiger partial charge on any atom is 0.226 e. The van der Waals surface area contributed by atoms with Crippen LogP contribution in [0.5, 0.6) is 0 Å². The zero-order valence-electron chi connectivity index (χ0n) is 13.5. The molecule has 2 N–H and O–H groups in total. The molecule has 1 fully saturated rings. The minimum absolute atomic E-state index is 0.00199. The van der Waals surface area contributed by atoms with Gasteiger partial charge in [-0.15, -0.1) is 0 Å². The summed E-state index contributed by atoms with van der Waals surface area (Å²) in [6.45, 7) is 4.33. The summed E-state index contributed by atoms with van der Waals surface area (Å²) in [4.78, 5) is 12.4. The van der Waals surface area contributed by atoms with E-state index in [0.29, 0.717) is 12.3 Å². The Labute approximate surface area is 128 Å². The van der Waals surface area contributed by atoms with Crippen LogP contribution in [-0.4, -0.2) is 18.5 Å². The Bertz CT molecular complexity index is 476. The third-order valence-corrected chi connectivity index (χ3v) is 4.68. The zero-order valence-corrected chi connectivity index (χ0v) is 13.5. The van der Waals surface area contributed by atoms with Crippen molar-refractivity contribution in [3.8, 4) is 0 Å². The Balaban J connectivity index is 1.99. The fourth-order valence-electron chi connectivity index (χ4n) is 3.23. The van der Waals surface area contributed by atoms with Gasteiger partial charge in [0.15, 0.2) is 0 Å². The van der Waals surface area contributed by atoms with Gasteiger partial charge in [0.05, 0.1) is 0 Å². The molecule has 1 aromatic rings. The number of nitrogens with one attached hydrogen (secondary N) is 2. The number of hydrogen-bond acceptors (Lipinski definition) is 2. The molecule has 116 valence electrons. The number of carbonyl (C=O) groups is 1. The van der Waals surface area contributed by atoms with E-state index in [9.17, 15) is 4.79 Å². The number of rotatable bonds is 5. The molecule has 0 spiro atoms. The molecule has 0 saturated heterocycles. The van der Waals surface area contributed by atoms with E-state index in [1.54, 1.807) is 0 Å². The molecule has 0 atom stereocenters. The van der Waals surface area contributed by atoms with Crippen LogP contribution < -0.4 is 10.6 Å². The molecular formula is C18H28N2O. The lowest BCUT2D eigenvalue weighted by atomic mass is 9.79. The molecule has 1 aliphatic rings. The van der Waals surface area contributed by atoms with Crippen LogP contribution in [0.1, 0.15) is 63.9 Å². The van der Waals surface area contributed by atoms with Gasteiger partial charge in [-0.3, -0.25) is 4.79 Å². The van der Waals surface area contributed by atoms with E-state index < -0.39 is 0 Å². The maximum absolute atomic E-state index is 12.4. The van der Waals surface area contributed by atoms with Crippen LogP contribution in [0, 0.1) is 0 Å². The molecule has 0 unspecified atom stereocenters. The molecule has 1 saturated carbocycles. The van der Waals surface area contributed by atoms with Crippen molar-refractivity contribution in [2.45, 2.75) is 63.8 Å². The molecule has 1 aliphatic carbocycles. The van der Waals surface area contributed by atoms with Crippen LogP contribution in [0.2, 0.25) is 0 Å². The predicted molar refractivity (Wildman–Crippen MR) is 88.7 cm³/mol. The average molecular weight is 288 g/mol. The summed E-state index contributed by atoms with van der Waals surface area (Å²) >= 11 is 0.